The number of hydrogen-bond acceptors (Lipinski definition) is 9. The van der Waals surface area contributed by atoms with Crippen LogP contribution in [0.3, 0.4) is 0 Å². The summed E-state index contributed by atoms with van der Waals surface area (Å²) in [5.41, 5.74) is 5.23. The van der Waals surface area contributed by atoms with Gasteiger partial charge in [0.25, 0.3) is 0 Å². The molecule has 10 nitrogen and oxygen atoms in total. The number of ether oxygens (including phenoxy) is 1. The summed E-state index contributed by atoms with van der Waals surface area (Å²) in [6.45, 7) is 3.58. The second kappa shape index (κ2) is 8.97. The number of esters is 1. The largest absolute Gasteiger partial charge is 0.468 e. The van der Waals surface area contributed by atoms with E-state index in [1.54, 1.807) is 0 Å². The molecule has 0 saturated heterocycles. The Kier molecular flexibility index (Phi) is 5.70. The third-order valence-electron chi connectivity index (χ3n) is 6.05. The van der Waals surface area contributed by atoms with Gasteiger partial charge in [0.15, 0.2) is 5.84 Å². The van der Waals surface area contributed by atoms with E-state index in [4.69, 9.17) is 9.73 Å². The molecule has 0 aliphatic carbocycles. The van der Waals surface area contributed by atoms with Crippen molar-refractivity contribution in [3.05, 3.63) is 66.0 Å². The molecule has 1 N–H and O–H groups in total. The van der Waals surface area contributed by atoms with Crippen molar-refractivity contribution in [2.45, 2.75) is 19.6 Å². The SMILES string of the molecule is COC(=O)CN1C=C2C(=NC(C)N2Cc2ccc(-c3ccccc3-c3nn[nH]n3)cc2)N(C)C1. The van der Waals surface area contributed by atoms with Crippen molar-refractivity contribution in [3.8, 4) is 22.5 Å². The van der Waals surface area contributed by atoms with Crippen LogP contribution >= 0.6 is 0 Å². The molecule has 34 heavy (non-hydrogen) atoms. The minimum Gasteiger partial charge on any atom is -0.468 e. The molecule has 1 aromatic heterocycles. The van der Waals surface area contributed by atoms with E-state index in [1.165, 1.54) is 7.11 Å². The second-order valence-corrected chi connectivity index (χ2v) is 8.37. The summed E-state index contributed by atoms with van der Waals surface area (Å²) in [5.74, 6) is 1.25. The maximum absolute atomic E-state index is 11.8. The number of H-pyrrole nitrogens is 1. The molecule has 0 fully saturated rings. The number of carbonyl (C=O) groups is 1. The highest BCUT2D eigenvalue weighted by molar-refractivity contribution is 6.00. The van der Waals surface area contributed by atoms with Crippen LogP contribution in [0.4, 0.5) is 0 Å². The van der Waals surface area contributed by atoms with Crippen molar-refractivity contribution in [1.29, 1.82) is 0 Å². The van der Waals surface area contributed by atoms with E-state index in [-0.39, 0.29) is 18.7 Å². The van der Waals surface area contributed by atoms with Gasteiger partial charge in [0.1, 0.15) is 12.7 Å². The molecule has 2 aromatic carbocycles. The van der Waals surface area contributed by atoms with Crippen molar-refractivity contribution in [2.75, 3.05) is 27.4 Å². The first-order valence-corrected chi connectivity index (χ1v) is 11.0. The maximum atomic E-state index is 11.8. The third kappa shape index (κ3) is 4.09. The van der Waals surface area contributed by atoms with Crippen molar-refractivity contribution < 1.29 is 9.53 Å². The average molecular weight is 459 g/mol. The minimum atomic E-state index is -0.264. The third-order valence-corrected chi connectivity index (χ3v) is 6.05. The van der Waals surface area contributed by atoms with Gasteiger partial charge in [-0.2, -0.15) is 5.21 Å². The Balaban J connectivity index is 1.37. The van der Waals surface area contributed by atoms with Crippen LogP contribution in [-0.4, -0.2) is 80.7 Å². The number of likely N-dealkylation sites (N-methyl/N-ethyl adjacent to an activating group) is 1. The highest BCUT2D eigenvalue weighted by Crippen LogP contribution is 2.31. The summed E-state index contributed by atoms with van der Waals surface area (Å²) in [4.78, 5) is 22.9. The second-order valence-electron chi connectivity index (χ2n) is 8.37. The fourth-order valence-electron chi connectivity index (χ4n) is 4.36. The lowest BCUT2D eigenvalue weighted by molar-refractivity contribution is -0.141. The van der Waals surface area contributed by atoms with Gasteiger partial charge < -0.3 is 19.4 Å². The van der Waals surface area contributed by atoms with Crippen LogP contribution in [-0.2, 0) is 16.1 Å². The Morgan fingerprint density at radius 2 is 1.91 bits per heavy atom. The first-order chi connectivity index (χ1) is 16.5. The van der Waals surface area contributed by atoms with Crippen molar-refractivity contribution >= 4 is 11.8 Å². The van der Waals surface area contributed by atoms with Crippen LogP contribution < -0.4 is 0 Å². The number of nitrogens with zero attached hydrogens (tertiary/aromatic N) is 7. The Morgan fingerprint density at radius 1 is 1.15 bits per heavy atom. The number of hydrogen-bond donors (Lipinski definition) is 1. The quantitative estimate of drug-likeness (QED) is 0.562. The number of tetrazole rings is 1. The lowest BCUT2D eigenvalue weighted by Gasteiger charge is -2.35. The summed E-state index contributed by atoms with van der Waals surface area (Å²) in [5, 5.41) is 14.5. The smallest absolute Gasteiger partial charge is 0.325 e. The van der Waals surface area contributed by atoms with Crippen LogP contribution in [0, 0.1) is 0 Å². The van der Waals surface area contributed by atoms with Gasteiger partial charge in [0.2, 0.25) is 5.82 Å². The van der Waals surface area contributed by atoms with E-state index in [1.807, 2.05) is 36.3 Å². The number of amidine groups is 1. The predicted molar refractivity (Wildman–Crippen MR) is 127 cm³/mol. The number of fused-ring (bicyclic) bond motifs is 1. The fraction of sp³-hybridized carbons (Fsp3) is 0.292. The Hall–Kier alpha value is -4.21. The Labute approximate surface area is 197 Å². The first kappa shape index (κ1) is 21.6. The lowest BCUT2D eigenvalue weighted by Crippen LogP contribution is -2.45. The molecule has 0 saturated carbocycles. The van der Waals surface area contributed by atoms with Gasteiger partial charge in [-0.1, -0.05) is 48.5 Å². The van der Waals surface area contributed by atoms with Gasteiger partial charge in [-0.15, -0.1) is 10.2 Å². The van der Waals surface area contributed by atoms with Crippen LogP contribution in [0.1, 0.15) is 12.5 Å². The van der Waals surface area contributed by atoms with E-state index in [9.17, 15) is 4.79 Å². The summed E-state index contributed by atoms with van der Waals surface area (Å²) < 4.78 is 4.84. The maximum Gasteiger partial charge on any atom is 0.325 e. The zero-order valence-corrected chi connectivity index (χ0v) is 19.3. The van der Waals surface area contributed by atoms with E-state index >= 15 is 0 Å². The molecule has 3 aromatic rings. The van der Waals surface area contributed by atoms with Gasteiger partial charge in [-0.3, -0.25) is 4.79 Å². The molecule has 0 spiro atoms. The number of aliphatic imine (C=N–C) groups is 1. The number of aromatic amines is 1. The average Bonchev–Trinajstić information content (AvgIpc) is 3.49. The van der Waals surface area contributed by atoms with Crippen LogP contribution in [0.25, 0.3) is 22.5 Å². The van der Waals surface area contributed by atoms with Gasteiger partial charge in [-0.05, 0) is 28.8 Å². The number of methoxy groups -OCH3 is 1. The zero-order chi connectivity index (χ0) is 23.7. The molecule has 0 radical (unpaired) electrons. The van der Waals surface area contributed by atoms with E-state index in [0.29, 0.717) is 19.0 Å². The summed E-state index contributed by atoms with van der Waals surface area (Å²) in [6, 6.07) is 16.5. The molecule has 2 aliphatic rings. The number of aromatic nitrogens is 4. The van der Waals surface area contributed by atoms with Gasteiger partial charge in [0, 0.05) is 25.4 Å². The van der Waals surface area contributed by atoms with Crippen LogP contribution in [0.5, 0.6) is 0 Å². The molecule has 5 rings (SSSR count). The van der Waals surface area contributed by atoms with Crippen molar-refractivity contribution in [3.63, 3.8) is 0 Å². The van der Waals surface area contributed by atoms with E-state index < -0.39 is 0 Å². The van der Waals surface area contributed by atoms with E-state index in [2.05, 4.69) is 67.7 Å². The molecule has 1 unspecified atom stereocenters. The minimum absolute atomic E-state index is 0.000388. The predicted octanol–water partition coefficient (Wildman–Crippen LogP) is 2.31. The Morgan fingerprint density at radius 3 is 2.62 bits per heavy atom. The molecular weight excluding hydrogens is 432 g/mol. The zero-order valence-electron chi connectivity index (χ0n) is 19.3. The monoisotopic (exact) mass is 458 g/mol. The molecule has 0 bridgehead atoms. The normalized spacial score (nSPS) is 17.4. The van der Waals surface area contributed by atoms with Gasteiger partial charge in [-0.25, -0.2) is 4.99 Å². The number of carbonyl (C=O) groups excluding carboxylic acids is 1. The van der Waals surface area contributed by atoms with Crippen LogP contribution in [0.15, 0.2) is 65.4 Å². The summed E-state index contributed by atoms with van der Waals surface area (Å²) >= 11 is 0. The first-order valence-electron chi connectivity index (χ1n) is 11.0. The number of benzene rings is 2. The molecule has 10 heteroatoms. The standard InChI is InChI=1S/C24H26N8O2/c1-16-25-24-21(13-31(15-30(24)2)14-22(33)34-3)32(16)12-17-8-10-18(11-9-17)19-6-4-5-7-20(19)23-26-28-29-27-23/h4-11,13,16H,12,14-15H2,1-3H3,(H,26,27,28,29). The number of nitrogens with one attached hydrogen (secondary N) is 1. The van der Waals surface area contributed by atoms with Gasteiger partial charge >= 0.3 is 5.97 Å². The van der Waals surface area contributed by atoms with Crippen molar-refractivity contribution in [2.24, 2.45) is 4.99 Å². The Bertz CT molecular complexity index is 1240. The highest BCUT2D eigenvalue weighted by Gasteiger charge is 2.34. The molecule has 3 heterocycles. The molecular formula is C24H26N8O2. The van der Waals surface area contributed by atoms with Gasteiger partial charge in [0.05, 0.1) is 19.5 Å². The highest BCUT2D eigenvalue weighted by atomic mass is 16.5. The molecule has 174 valence electrons. The summed E-state index contributed by atoms with van der Waals surface area (Å²) in [6.07, 6.45) is 2.01. The fourth-order valence-corrected chi connectivity index (χ4v) is 4.36. The summed E-state index contributed by atoms with van der Waals surface area (Å²) in [7, 11) is 3.40. The number of rotatable bonds is 6. The topological polar surface area (TPSA) is 103 Å². The van der Waals surface area contributed by atoms with Crippen LogP contribution in [0.2, 0.25) is 0 Å². The lowest BCUT2D eigenvalue weighted by atomic mass is 9.98. The van der Waals surface area contributed by atoms with Crippen molar-refractivity contribution in [1.82, 2.24) is 35.3 Å². The molecule has 1 atom stereocenters. The van der Waals surface area contributed by atoms with E-state index in [0.717, 1.165) is 33.8 Å². The molecule has 2 aliphatic heterocycles. The molecule has 0 amide bonds.